The number of carbonyl (C=O) groups excluding carboxylic acids is 2. The topological polar surface area (TPSA) is 50.5 Å². The maximum Gasteiger partial charge on any atom is 0.328 e. The largest absolute Gasteiger partial charge is 0.337 e. The number of nitrogens with zero attached hydrogens (tertiary/aromatic N) is 4. The Labute approximate surface area is 165 Å². The van der Waals surface area contributed by atoms with Gasteiger partial charge in [-0.25, -0.2) is 4.79 Å². The van der Waals surface area contributed by atoms with Crippen LogP contribution in [-0.4, -0.2) is 57.6 Å². The Morgan fingerprint density at radius 3 is 2.46 bits per heavy atom. The molecule has 0 N–H and O–H groups in total. The third-order valence-electron chi connectivity index (χ3n) is 5.78. The van der Waals surface area contributed by atoms with E-state index >= 15 is 0 Å². The number of aromatic nitrogens is 2. The third kappa shape index (κ3) is 2.62. The van der Waals surface area contributed by atoms with Crippen LogP contribution in [0.15, 0.2) is 30.3 Å². The molecule has 1 aliphatic rings. The average molecular weight is 380 g/mol. The molecule has 1 fully saturated rings. The smallest absolute Gasteiger partial charge is 0.328 e. The Bertz CT molecular complexity index is 1070. The Morgan fingerprint density at radius 1 is 1.14 bits per heavy atom. The molecular weight excluding hydrogens is 352 g/mol. The number of likely N-dealkylation sites (tertiary alicyclic amines) is 1. The van der Waals surface area contributed by atoms with E-state index in [1.165, 1.54) is 4.90 Å². The summed E-state index contributed by atoms with van der Waals surface area (Å²) in [4.78, 5) is 30.0. The number of para-hydroxylation sites is 1. The molecule has 2 amide bonds. The van der Waals surface area contributed by atoms with Gasteiger partial charge in [-0.05, 0) is 45.7 Å². The first-order valence-corrected chi connectivity index (χ1v) is 10.00. The van der Waals surface area contributed by atoms with Crippen LogP contribution in [-0.2, 0) is 0 Å². The molecule has 1 aromatic carbocycles. The van der Waals surface area contributed by atoms with E-state index < -0.39 is 0 Å². The molecule has 148 valence electrons. The number of hydrogen-bond donors (Lipinski definition) is 0. The molecule has 2 aromatic heterocycles. The van der Waals surface area contributed by atoms with Gasteiger partial charge in [0.25, 0.3) is 5.91 Å². The van der Waals surface area contributed by atoms with Gasteiger partial charge in [0, 0.05) is 38.1 Å². The van der Waals surface area contributed by atoms with Crippen LogP contribution in [0.25, 0.3) is 21.9 Å². The summed E-state index contributed by atoms with van der Waals surface area (Å²) in [6, 6.07) is 10.2. The summed E-state index contributed by atoms with van der Waals surface area (Å²) in [5.41, 5.74) is 3.29. The lowest BCUT2D eigenvalue weighted by molar-refractivity contribution is 0.0737. The van der Waals surface area contributed by atoms with E-state index in [0.717, 1.165) is 41.3 Å². The molecule has 6 heteroatoms. The minimum atomic E-state index is -0.197. The van der Waals surface area contributed by atoms with Gasteiger partial charge in [-0.15, -0.1) is 0 Å². The van der Waals surface area contributed by atoms with Crippen LogP contribution in [0, 0.1) is 0 Å². The second-order valence-corrected chi connectivity index (χ2v) is 8.25. The highest BCUT2D eigenvalue weighted by Crippen LogP contribution is 2.35. The van der Waals surface area contributed by atoms with E-state index in [1.54, 1.807) is 18.7 Å². The maximum atomic E-state index is 13.4. The fraction of sp³-hybridized carbons (Fsp3) is 0.455. The monoisotopic (exact) mass is 380 g/mol. The zero-order valence-corrected chi connectivity index (χ0v) is 17.3. The predicted molar refractivity (Wildman–Crippen MR) is 112 cm³/mol. The highest BCUT2D eigenvalue weighted by atomic mass is 16.2. The van der Waals surface area contributed by atoms with Crippen molar-refractivity contribution < 1.29 is 9.59 Å². The molecule has 0 spiro atoms. The molecule has 1 aliphatic heterocycles. The average Bonchev–Trinajstić information content (AvgIpc) is 3.32. The molecule has 3 heterocycles. The number of amides is 2. The first kappa shape index (κ1) is 18.6. The third-order valence-corrected chi connectivity index (χ3v) is 5.78. The molecule has 1 atom stereocenters. The summed E-state index contributed by atoms with van der Waals surface area (Å²) in [7, 11) is 3.45. The van der Waals surface area contributed by atoms with Gasteiger partial charge in [0.05, 0.1) is 16.6 Å². The quantitative estimate of drug-likeness (QED) is 0.664. The minimum Gasteiger partial charge on any atom is -0.337 e. The lowest BCUT2D eigenvalue weighted by Crippen LogP contribution is -2.37. The molecule has 0 aliphatic carbocycles. The minimum absolute atomic E-state index is 0.0595. The van der Waals surface area contributed by atoms with E-state index in [1.807, 2.05) is 29.2 Å². The zero-order chi connectivity index (χ0) is 20.2. The normalized spacial score (nSPS) is 17.2. The predicted octanol–water partition coefficient (Wildman–Crippen LogP) is 4.33. The maximum absolute atomic E-state index is 13.4. The number of rotatable bonds is 2. The standard InChI is InChI=1S/C22H28N4O2/c1-14(2)25-17-11-7-6-10-16(17)20-18(25)13-19(26(20)22(28)23(4)5)21(27)24-12-8-9-15(24)3/h6-7,10-11,13-15H,8-9,12H2,1-5H3/t15-/m0/s1. The zero-order valence-electron chi connectivity index (χ0n) is 17.3. The highest BCUT2D eigenvalue weighted by molar-refractivity contribution is 6.14. The van der Waals surface area contributed by atoms with Gasteiger partial charge in [0.2, 0.25) is 0 Å². The lowest BCUT2D eigenvalue weighted by Gasteiger charge is -2.23. The summed E-state index contributed by atoms with van der Waals surface area (Å²) < 4.78 is 3.83. The summed E-state index contributed by atoms with van der Waals surface area (Å²) >= 11 is 0. The van der Waals surface area contributed by atoms with Gasteiger partial charge in [0.1, 0.15) is 5.69 Å². The first-order valence-electron chi connectivity index (χ1n) is 10.00. The highest BCUT2D eigenvalue weighted by Gasteiger charge is 2.32. The van der Waals surface area contributed by atoms with Crippen molar-refractivity contribution in [1.29, 1.82) is 0 Å². The molecule has 6 nitrogen and oxygen atoms in total. The van der Waals surface area contributed by atoms with Crippen molar-refractivity contribution in [1.82, 2.24) is 18.9 Å². The molecular formula is C22H28N4O2. The van der Waals surface area contributed by atoms with Gasteiger partial charge in [-0.3, -0.25) is 9.36 Å². The van der Waals surface area contributed by atoms with Crippen molar-refractivity contribution in [3.05, 3.63) is 36.0 Å². The van der Waals surface area contributed by atoms with E-state index in [4.69, 9.17) is 0 Å². The summed E-state index contributed by atoms with van der Waals surface area (Å²) in [5, 5.41) is 0.995. The van der Waals surface area contributed by atoms with Gasteiger partial charge < -0.3 is 14.4 Å². The molecule has 0 saturated carbocycles. The molecule has 28 heavy (non-hydrogen) atoms. The van der Waals surface area contributed by atoms with Crippen LogP contribution in [0.4, 0.5) is 4.79 Å². The fourth-order valence-corrected chi connectivity index (χ4v) is 4.45. The van der Waals surface area contributed by atoms with Crippen molar-refractivity contribution in [2.45, 2.75) is 45.7 Å². The second-order valence-electron chi connectivity index (χ2n) is 8.25. The van der Waals surface area contributed by atoms with E-state index in [-0.39, 0.29) is 24.0 Å². The van der Waals surface area contributed by atoms with Crippen LogP contribution in [0.2, 0.25) is 0 Å². The molecule has 3 aromatic rings. The fourth-order valence-electron chi connectivity index (χ4n) is 4.45. The van der Waals surface area contributed by atoms with E-state index in [2.05, 4.69) is 31.4 Å². The number of hydrogen-bond acceptors (Lipinski definition) is 2. The van der Waals surface area contributed by atoms with Gasteiger partial charge in [-0.2, -0.15) is 0 Å². The number of carbonyl (C=O) groups is 2. The van der Waals surface area contributed by atoms with E-state index in [0.29, 0.717) is 5.69 Å². The number of benzene rings is 1. The summed E-state index contributed by atoms with van der Waals surface area (Å²) in [6.45, 7) is 7.08. The molecule has 1 saturated heterocycles. The Kier molecular flexibility index (Phi) is 4.44. The van der Waals surface area contributed by atoms with Crippen LogP contribution in [0.5, 0.6) is 0 Å². The molecule has 0 bridgehead atoms. The molecule has 0 unspecified atom stereocenters. The van der Waals surface area contributed by atoms with Gasteiger partial charge in [0.15, 0.2) is 0 Å². The molecule has 4 rings (SSSR count). The van der Waals surface area contributed by atoms with Crippen molar-refractivity contribution in [2.75, 3.05) is 20.6 Å². The summed E-state index contributed by atoms with van der Waals surface area (Å²) in [5.74, 6) is -0.0595. The number of fused-ring (bicyclic) bond motifs is 3. The van der Waals surface area contributed by atoms with Crippen LogP contribution in [0.3, 0.4) is 0 Å². The van der Waals surface area contributed by atoms with Crippen molar-refractivity contribution in [2.24, 2.45) is 0 Å². The SMILES string of the molecule is CC(C)n1c2ccccc2c2c1cc(C(=O)N1CCC[C@@H]1C)n2C(=O)N(C)C. The first-order chi connectivity index (χ1) is 13.3. The lowest BCUT2D eigenvalue weighted by atomic mass is 10.2. The van der Waals surface area contributed by atoms with Gasteiger partial charge in [-0.1, -0.05) is 18.2 Å². The van der Waals surface area contributed by atoms with Crippen molar-refractivity contribution in [3.8, 4) is 0 Å². The molecule has 0 radical (unpaired) electrons. The van der Waals surface area contributed by atoms with Crippen LogP contribution < -0.4 is 0 Å². The Morgan fingerprint density at radius 2 is 1.86 bits per heavy atom. The summed E-state index contributed by atoms with van der Waals surface area (Å²) in [6.07, 6.45) is 2.02. The second kappa shape index (κ2) is 6.69. The van der Waals surface area contributed by atoms with E-state index in [9.17, 15) is 9.59 Å². The Hall–Kier alpha value is -2.76. The van der Waals surface area contributed by atoms with Crippen molar-refractivity contribution >= 4 is 33.9 Å². The van der Waals surface area contributed by atoms with Crippen LogP contribution >= 0.6 is 0 Å². The Balaban J connectivity index is 2.05. The van der Waals surface area contributed by atoms with Gasteiger partial charge >= 0.3 is 6.03 Å². The van der Waals surface area contributed by atoms with Crippen LogP contribution in [0.1, 0.15) is 50.1 Å². The van der Waals surface area contributed by atoms with Crippen molar-refractivity contribution in [3.63, 3.8) is 0 Å².